The van der Waals surface area contributed by atoms with Crippen LogP contribution in [0.2, 0.25) is 0 Å². The third-order valence-electron chi connectivity index (χ3n) is 3.19. The molecule has 4 nitrogen and oxygen atoms in total. The van der Waals surface area contributed by atoms with E-state index in [1.54, 1.807) is 6.92 Å². The molecule has 0 aliphatic heterocycles. The minimum absolute atomic E-state index is 0.111. The summed E-state index contributed by atoms with van der Waals surface area (Å²) in [6, 6.07) is 2.51. The van der Waals surface area contributed by atoms with Crippen molar-refractivity contribution < 1.29 is 4.79 Å². The number of hydrogen-bond acceptors (Lipinski definition) is 2. The van der Waals surface area contributed by atoms with Gasteiger partial charge in [-0.05, 0) is 25.8 Å². The van der Waals surface area contributed by atoms with Crippen molar-refractivity contribution in [3.05, 3.63) is 42.2 Å². The Kier molecular flexibility index (Phi) is 2.35. The zero-order chi connectivity index (χ0) is 11.8. The van der Waals surface area contributed by atoms with E-state index < -0.39 is 0 Å². The van der Waals surface area contributed by atoms with Crippen LogP contribution in [-0.2, 0) is 6.54 Å². The summed E-state index contributed by atoms with van der Waals surface area (Å²) in [7, 11) is 0. The fraction of sp³-hybridized carbons (Fsp3) is 0.385. The lowest BCUT2D eigenvalue weighted by molar-refractivity contribution is 0.101. The van der Waals surface area contributed by atoms with E-state index >= 15 is 0 Å². The Labute approximate surface area is 99.9 Å². The topological polar surface area (TPSA) is 39.8 Å². The first-order valence-corrected chi connectivity index (χ1v) is 5.91. The lowest BCUT2D eigenvalue weighted by atomic mass is 10.2. The Morgan fingerprint density at radius 3 is 3.00 bits per heavy atom. The maximum absolute atomic E-state index is 11.2. The zero-order valence-corrected chi connectivity index (χ0v) is 9.84. The van der Waals surface area contributed by atoms with Crippen LogP contribution in [-0.4, -0.2) is 19.9 Å². The third kappa shape index (κ3) is 2.02. The maximum atomic E-state index is 11.2. The van der Waals surface area contributed by atoms with Crippen LogP contribution in [0, 0.1) is 0 Å². The van der Waals surface area contributed by atoms with Crippen LogP contribution >= 0.6 is 0 Å². The monoisotopic (exact) mass is 229 g/mol. The highest BCUT2D eigenvalue weighted by atomic mass is 16.1. The summed E-state index contributed by atoms with van der Waals surface area (Å²) in [6.07, 6.45) is 10.2. The van der Waals surface area contributed by atoms with Crippen molar-refractivity contribution in [1.29, 1.82) is 0 Å². The fourth-order valence-corrected chi connectivity index (χ4v) is 2.07. The highest BCUT2D eigenvalue weighted by Gasteiger charge is 2.25. The lowest BCUT2D eigenvalue weighted by Crippen LogP contribution is -2.04. The second-order valence-corrected chi connectivity index (χ2v) is 4.65. The molecule has 0 atom stereocenters. The number of aromatic nitrogens is 3. The molecule has 1 aliphatic rings. The SMILES string of the molecule is CC(=O)c1ccn(Cc2cncn2C2CC2)c1. The van der Waals surface area contributed by atoms with Gasteiger partial charge < -0.3 is 9.13 Å². The highest BCUT2D eigenvalue weighted by molar-refractivity contribution is 5.93. The molecule has 2 aromatic heterocycles. The molecule has 0 amide bonds. The van der Waals surface area contributed by atoms with E-state index in [0.29, 0.717) is 6.04 Å². The number of nitrogens with zero attached hydrogens (tertiary/aromatic N) is 3. The van der Waals surface area contributed by atoms with Gasteiger partial charge in [0.25, 0.3) is 0 Å². The minimum atomic E-state index is 0.111. The van der Waals surface area contributed by atoms with Crippen molar-refractivity contribution in [2.75, 3.05) is 0 Å². The number of ketones is 1. The van der Waals surface area contributed by atoms with E-state index in [1.807, 2.05) is 35.6 Å². The molecular formula is C13H15N3O. The summed E-state index contributed by atoms with van der Waals surface area (Å²) in [5.74, 6) is 0.111. The van der Waals surface area contributed by atoms with Crippen molar-refractivity contribution >= 4 is 5.78 Å². The number of hydrogen-bond donors (Lipinski definition) is 0. The van der Waals surface area contributed by atoms with E-state index in [9.17, 15) is 4.79 Å². The van der Waals surface area contributed by atoms with Crippen LogP contribution in [0.15, 0.2) is 31.0 Å². The molecule has 0 saturated heterocycles. The van der Waals surface area contributed by atoms with Crippen LogP contribution in [0.3, 0.4) is 0 Å². The number of carbonyl (C=O) groups excluding carboxylic acids is 1. The van der Waals surface area contributed by atoms with Crippen molar-refractivity contribution in [3.8, 4) is 0 Å². The molecule has 0 aromatic carbocycles. The van der Waals surface area contributed by atoms with Crippen molar-refractivity contribution in [1.82, 2.24) is 14.1 Å². The highest BCUT2D eigenvalue weighted by Crippen LogP contribution is 2.35. The average molecular weight is 229 g/mol. The van der Waals surface area contributed by atoms with Gasteiger partial charge in [0.1, 0.15) is 0 Å². The Balaban J connectivity index is 1.81. The molecule has 0 bridgehead atoms. The summed E-state index contributed by atoms with van der Waals surface area (Å²) >= 11 is 0. The van der Waals surface area contributed by atoms with Crippen molar-refractivity contribution in [2.24, 2.45) is 0 Å². The Morgan fingerprint density at radius 2 is 2.35 bits per heavy atom. The summed E-state index contributed by atoms with van der Waals surface area (Å²) in [4.78, 5) is 15.4. The van der Waals surface area contributed by atoms with Gasteiger partial charge in [-0.15, -0.1) is 0 Å². The van der Waals surface area contributed by atoms with Crippen molar-refractivity contribution in [2.45, 2.75) is 32.4 Å². The van der Waals surface area contributed by atoms with Crippen LogP contribution in [0.4, 0.5) is 0 Å². The van der Waals surface area contributed by atoms with Gasteiger partial charge in [0.15, 0.2) is 5.78 Å². The van der Waals surface area contributed by atoms with Gasteiger partial charge in [-0.3, -0.25) is 4.79 Å². The molecule has 1 aliphatic carbocycles. The molecule has 1 fully saturated rings. The normalized spacial score (nSPS) is 15.1. The van der Waals surface area contributed by atoms with E-state index in [4.69, 9.17) is 0 Å². The van der Waals surface area contributed by atoms with Gasteiger partial charge in [0, 0.05) is 30.2 Å². The van der Waals surface area contributed by atoms with Crippen LogP contribution in [0.25, 0.3) is 0 Å². The molecule has 2 aromatic rings. The van der Waals surface area contributed by atoms with Crippen LogP contribution in [0.5, 0.6) is 0 Å². The molecule has 0 radical (unpaired) electrons. The molecule has 0 unspecified atom stereocenters. The molecule has 17 heavy (non-hydrogen) atoms. The van der Waals surface area contributed by atoms with Crippen LogP contribution in [0.1, 0.15) is 41.9 Å². The Bertz CT molecular complexity index is 549. The Morgan fingerprint density at radius 1 is 1.53 bits per heavy atom. The van der Waals surface area contributed by atoms with Crippen molar-refractivity contribution in [3.63, 3.8) is 0 Å². The maximum Gasteiger partial charge on any atom is 0.161 e. The van der Waals surface area contributed by atoms with Crippen LogP contribution < -0.4 is 0 Å². The molecule has 0 spiro atoms. The molecular weight excluding hydrogens is 214 g/mol. The molecule has 3 rings (SSSR count). The minimum Gasteiger partial charge on any atom is -0.348 e. The third-order valence-corrected chi connectivity index (χ3v) is 3.19. The van der Waals surface area contributed by atoms with E-state index in [-0.39, 0.29) is 5.78 Å². The number of Topliss-reactive ketones (excluding diaryl/α,β-unsaturated/α-hetero) is 1. The first kappa shape index (κ1) is 10.3. The number of rotatable bonds is 4. The Hall–Kier alpha value is -1.84. The second kappa shape index (κ2) is 3.87. The fourth-order valence-electron chi connectivity index (χ4n) is 2.07. The number of imidazole rings is 1. The van der Waals surface area contributed by atoms with Gasteiger partial charge >= 0.3 is 0 Å². The van der Waals surface area contributed by atoms with Gasteiger partial charge in [-0.2, -0.15) is 0 Å². The summed E-state index contributed by atoms with van der Waals surface area (Å²) in [6.45, 7) is 2.37. The van der Waals surface area contributed by atoms with E-state index in [2.05, 4.69) is 9.55 Å². The molecule has 0 N–H and O–H groups in total. The zero-order valence-electron chi connectivity index (χ0n) is 9.84. The van der Waals surface area contributed by atoms with Gasteiger partial charge in [0.2, 0.25) is 0 Å². The second-order valence-electron chi connectivity index (χ2n) is 4.65. The number of carbonyl (C=O) groups is 1. The smallest absolute Gasteiger partial charge is 0.161 e. The summed E-state index contributed by atoms with van der Waals surface area (Å²) in [5, 5.41) is 0. The first-order valence-electron chi connectivity index (χ1n) is 5.91. The standard InChI is InChI=1S/C13H15N3O/c1-10(17)11-4-5-15(7-11)8-13-6-14-9-16(13)12-2-3-12/h4-7,9,12H,2-3,8H2,1H3. The van der Waals surface area contributed by atoms with E-state index in [0.717, 1.165) is 12.1 Å². The molecule has 4 heteroatoms. The van der Waals surface area contributed by atoms with E-state index in [1.165, 1.54) is 18.5 Å². The molecule has 1 saturated carbocycles. The van der Waals surface area contributed by atoms with Gasteiger partial charge in [0.05, 0.1) is 18.6 Å². The first-order chi connectivity index (χ1) is 8.24. The predicted octanol–water partition coefficient (Wildman–Crippen LogP) is 2.27. The predicted molar refractivity (Wildman–Crippen MR) is 64.0 cm³/mol. The summed E-state index contributed by atoms with van der Waals surface area (Å²) in [5.41, 5.74) is 1.97. The van der Waals surface area contributed by atoms with Gasteiger partial charge in [-0.25, -0.2) is 4.98 Å². The quantitative estimate of drug-likeness (QED) is 0.754. The van der Waals surface area contributed by atoms with Gasteiger partial charge in [-0.1, -0.05) is 0 Å². The largest absolute Gasteiger partial charge is 0.348 e. The molecule has 88 valence electrons. The lowest BCUT2D eigenvalue weighted by Gasteiger charge is -2.07. The average Bonchev–Trinajstić information content (AvgIpc) is 2.86. The summed E-state index contributed by atoms with van der Waals surface area (Å²) < 4.78 is 4.28. The molecule has 2 heterocycles.